The molecule has 1 aliphatic rings. The number of imidazole rings is 1. The first-order valence-corrected chi connectivity index (χ1v) is 10.9. The van der Waals surface area contributed by atoms with E-state index in [0.717, 1.165) is 60.7 Å². The average Bonchev–Trinajstić information content (AvgIpc) is 3.23. The molecule has 166 valence electrons. The molecule has 0 saturated carbocycles. The van der Waals surface area contributed by atoms with Crippen LogP contribution in [0.2, 0.25) is 0 Å². The minimum atomic E-state index is -0.0734. The lowest BCUT2D eigenvalue weighted by atomic mass is 10.2. The number of aromatic nitrogens is 4. The number of morpholine rings is 1. The van der Waals surface area contributed by atoms with Crippen LogP contribution in [0.25, 0.3) is 16.6 Å². The Morgan fingerprint density at radius 1 is 1.06 bits per heavy atom. The summed E-state index contributed by atoms with van der Waals surface area (Å²) in [5, 5.41) is 4.14. The molecule has 0 unspecified atom stereocenters. The number of benzene rings is 2. The maximum absolute atomic E-state index is 13.0. The van der Waals surface area contributed by atoms with E-state index in [9.17, 15) is 4.79 Å². The zero-order chi connectivity index (χ0) is 22.6. The number of nitrogens with zero attached hydrogens (tertiary/aromatic N) is 5. The van der Waals surface area contributed by atoms with E-state index in [1.165, 1.54) is 6.33 Å². The molecule has 33 heavy (non-hydrogen) atoms. The fourth-order valence-electron chi connectivity index (χ4n) is 3.97. The number of rotatable bonds is 6. The first-order chi connectivity index (χ1) is 16.2. The van der Waals surface area contributed by atoms with Crippen molar-refractivity contribution in [3.63, 3.8) is 0 Å². The number of hydrogen-bond donors (Lipinski definition) is 1. The highest BCUT2D eigenvalue weighted by Crippen LogP contribution is 2.25. The van der Waals surface area contributed by atoms with Crippen molar-refractivity contribution in [2.45, 2.75) is 6.54 Å². The van der Waals surface area contributed by atoms with Crippen LogP contribution in [0.3, 0.4) is 0 Å². The van der Waals surface area contributed by atoms with Crippen molar-refractivity contribution in [2.75, 3.05) is 38.2 Å². The van der Waals surface area contributed by atoms with E-state index in [2.05, 4.69) is 26.1 Å². The van der Waals surface area contributed by atoms with E-state index in [-0.39, 0.29) is 5.69 Å². The Labute approximate surface area is 191 Å². The number of hydrogen-bond acceptors (Lipinski definition) is 6. The van der Waals surface area contributed by atoms with E-state index in [4.69, 9.17) is 11.2 Å². The number of anilines is 2. The molecule has 0 amide bonds. The first kappa shape index (κ1) is 20.9. The van der Waals surface area contributed by atoms with Gasteiger partial charge in [-0.3, -0.25) is 14.0 Å². The predicted octanol–water partition coefficient (Wildman–Crippen LogP) is 2.64. The minimum absolute atomic E-state index is 0.0734. The molecule has 1 fully saturated rings. The van der Waals surface area contributed by atoms with Gasteiger partial charge in [0.2, 0.25) is 0 Å². The van der Waals surface area contributed by atoms with Gasteiger partial charge in [0.1, 0.15) is 12.1 Å². The molecule has 0 atom stereocenters. The van der Waals surface area contributed by atoms with Gasteiger partial charge >= 0.3 is 5.69 Å². The molecule has 1 N–H and O–H groups in total. The van der Waals surface area contributed by atoms with Crippen LogP contribution in [0.15, 0.2) is 66.0 Å². The van der Waals surface area contributed by atoms with Crippen molar-refractivity contribution < 1.29 is 4.74 Å². The molecule has 2 aromatic carbocycles. The highest BCUT2D eigenvalue weighted by molar-refractivity contribution is 5.92. The average molecular weight is 441 g/mol. The Kier molecular flexibility index (Phi) is 5.89. The quantitative estimate of drug-likeness (QED) is 0.465. The number of terminal acetylenes is 1. The summed E-state index contributed by atoms with van der Waals surface area (Å²) in [5.74, 6) is 3.29. The minimum Gasteiger partial charge on any atom is -0.379 e. The van der Waals surface area contributed by atoms with E-state index in [1.54, 1.807) is 15.3 Å². The molecule has 0 bridgehead atoms. The third-order valence-electron chi connectivity index (χ3n) is 5.80. The van der Waals surface area contributed by atoms with E-state index in [1.807, 2.05) is 48.7 Å². The van der Waals surface area contributed by atoms with Gasteiger partial charge in [0, 0.05) is 55.2 Å². The van der Waals surface area contributed by atoms with Crippen LogP contribution in [0.5, 0.6) is 0 Å². The third-order valence-corrected chi connectivity index (χ3v) is 5.80. The fourth-order valence-corrected chi connectivity index (χ4v) is 3.97. The summed E-state index contributed by atoms with van der Waals surface area (Å²) in [6.07, 6.45) is 10.7. The second-order valence-corrected chi connectivity index (χ2v) is 7.87. The summed E-state index contributed by atoms with van der Waals surface area (Å²) in [4.78, 5) is 24.1. The highest BCUT2D eigenvalue weighted by Gasteiger charge is 2.13. The Hall–Kier alpha value is -3.93. The maximum Gasteiger partial charge on any atom is 0.332 e. The van der Waals surface area contributed by atoms with Crippen LogP contribution in [-0.4, -0.2) is 56.9 Å². The summed E-state index contributed by atoms with van der Waals surface area (Å²) in [6, 6.07) is 13.3. The summed E-state index contributed by atoms with van der Waals surface area (Å²) >= 11 is 0. The van der Waals surface area contributed by atoms with Crippen LogP contribution in [-0.2, 0) is 11.3 Å². The summed E-state index contributed by atoms with van der Waals surface area (Å²) < 4.78 is 8.78. The van der Waals surface area contributed by atoms with Crippen LogP contribution in [0, 0.1) is 12.3 Å². The third kappa shape index (κ3) is 4.51. The van der Waals surface area contributed by atoms with Crippen molar-refractivity contribution in [1.82, 2.24) is 24.0 Å². The van der Waals surface area contributed by atoms with Gasteiger partial charge in [0.05, 0.1) is 24.4 Å². The molecule has 3 heterocycles. The molecule has 5 rings (SSSR count). The summed E-state index contributed by atoms with van der Waals surface area (Å²) in [5.41, 5.74) is 3.08. The second kappa shape index (κ2) is 9.28. The van der Waals surface area contributed by atoms with Gasteiger partial charge < -0.3 is 10.1 Å². The largest absolute Gasteiger partial charge is 0.379 e. The molecule has 0 aliphatic carbocycles. The van der Waals surface area contributed by atoms with Gasteiger partial charge in [-0.15, -0.1) is 6.42 Å². The van der Waals surface area contributed by atoms with Crippen LogP contribution < -0.4 is 11.0 Å². The zero-order valence-electron chi connectivity index (χ0n) is 18.1. The normalized spacial score (nSPS) is 14.3. The second-order valence-electron chi connectivity index (χ2n) is 7.87. The van der Waals surface area contributed by atoms with Gasteiger partial charge in [-0.1, -0.05) is 12.0 Å². The molecule has 0 radical (unpaired) electrons. The Morgan fingerprint density at radius 3 is 2.79 bits per heavy atom. The maximum atomic E-state index is 13.0. The molecule has 1 aliphatic heterocycles. The van der Waals surface area contributed by atoms with Crippen LogP contribution >= 0.6 is 0 Å². The van der Waals surface area contributed by atoms with Crippen LogP contribution in [0.4, 0.5) is 11.5 Å². The van der Waals surface area contributed by atoms with E-state index >= 15 is 0 Å². The van der Waals surface area contributed by atoms with Crippen molar-refractivity contribution in [3.05, 3.63) is 77.2 Å². The number of fused-ring (bicyclic) bond motifs is 1. The van der Waals surface area contributed by atoms with Crippen molar-refractivity contribution in [3.8, 4) is 18.0 Å². The standard InChI is InChI=1S/C25H24N6O2/c1-2-19-4-3-5-20(16-19)28-24-22-17-21(6-7-23(22)26-18-27-24)31-11-10-30(25(31)32)9-8-29-12-14-33-15-13-29/h1,3-7,10-11,16-18H,8-9,12-15H2,(H,26,27,28). The van der Waals surface area contributed by atoms with Crippen molar-refractivity contribution in [1.29, 1.82) is 0 Å². The zero-order valence-corrected chi connectivity index (χ0v) is 18.1. The van der Waals surface area contributed by atoms with E-state index < -0.39 is 0 Å². The molecular weight excluding hydrogens is 416 g/mol. The lowest BCUT2D eigenvalue weighted by molar-refractivity contribution is 0.0363. The molecule has 8 nitrogen and oxygen atoms in total. The Balaban J connectivity index is 1.42. The van der Waals surface area contributed by atoms with E-state index in [0.29, 0.717) is 12.4 Å². The predicted molar refractivity (Wildman–Crippen MR) is 128 cm³/mol. The SMILES string of the molecule is C#Cc1cccc(Nc2ncnc3ccc(-n4ccn(CCN5CCOCC5)c4=O)cc23)c1. The lowest BCUT2D eigenvalue weighted by Crippen LogP contribution is -2.39. The van der Waals surface area contributed by atoms with Gasteiger partial charge in [-0.25, -0.2) is 14.8 Å². The smallest absolute Gasteiger partial charge is 0.332 e. The fraction of sp³-hybridized carbons (Fsp3) is 0.240. The van der Waals surface area contributed by atoms with Gasteiger partial charge in [0.15, 0.2) is 0 Å². The topological polar surface area (TPSA) is 77.2 Å². The molecule has 2 aromatic heterocycles. The monoisotopic (exact) mass is 440 g/mol. The molecular formula is C25H24N6O2. The first-order valence-electron chi connectivity index (χ1n) is 10.9. The molecule has 1 saturated heterocycles. The van der Waals surface area contributed by atoms with Crippen molar-refractivity contribution in [2.24, 2.45) is 0 Å². The van der Waals surface area contributed by atoms with Gasteiger partial charge in [-0.2, -0.15) is 0 Å². The van der Waals surface area contributed by atoms with Gasteiger partial charge in [0.25, 0.3) is 0 Å². The molecule has 0 spiro atoms. The number of nitrogens with one attached hydrogen (secondary N) is 1. The molecule has 4 aromatic rings. The molecule has 8 heteroatoms. The lowest BCUT2D eigenvalue weighted by Gasteiger charge is -2.26. The van der Waals surface area contributed by atoms with Gasteiger partial charge in [-0.05, 0) is 36.4 Å². The Morgan fingerprint density at radius 2 is 1.94 bits per heavy atom. The summed E-state index contributed by atoms with van der Waals surface area (Å²) in [7, 11) is 0. The highest BCUT2D eigenvalue weighted by atomic mass is 16.5. The van der Waals surface area contributed by atoms with Crippen molar-refractivity contribution >= 4 is 22.4 Å². The van der Waals surface area contributed by atoms with Crippen LogP contribution in [0.1, 0.15) is 5.56 Å². The summed E-state index contributed by atoms with van der Waals surface area (Å²) in [6.45, 7) is 4.77. The number of ether oxygens (including phenoxy) is 1. The Bertz CT molecular complexity index is 1380.